The fourth-order valence-electron chi connectivity index (χ4n) is 1.96. The number of ether oxygens (including phenoxy) is 1. The van der Waals surface area contributed by atoms with E-state index >= 15 is 0 Å². The van der Waals surface area contributed by atoms with E-state index in [1.807, 2.05) is 6.07 Å². The molecule has 0 aliphatic heterocycles. The van der Waals surface area contributed by atoms with Crippen LogP contribution in [0.3, 0.4) is 0 Å². The summed E-state index contributed by atoms with van der Waals surface area (Å²) in [6.45, 7) is 10.7. The lowest BCUT2D eigenvalue weighted by molar-refractivity contribution is 0.214. The Morgan fingerprint density at radius 3 is 2.56 bits per heavy atom. The molecule has 0 radical (unpaired) electrons. The smallest absolute Gasteiger partial charge is 0.123 e. The third kappa shape index (κ3) is 4.69. The van der Waals surface area contributed by atoms with Crippen molar-refractivity contribution in [3.8, 4) is 5.75 Å². The summed E-state index contributed by atoms with van der Waals surface area (Å²) in [5.74, 6) is 1.59. The second kappa shape index (κ2) is 8.15. The zero-order valence-electron chi connectivity index (χ0n) is 12.2. The van der Waals surface area contributed by atoms with Gasteiger partial charge in [-0.15, -0.1) is 0 Å². The predicted octanol–water partition coefficient (Wildman–Crippen LogP) is 3.97. The van der Waals surface area contributed by atoms with Crippen molar-refractivity contribution in [3.63, 3.8) is 0 Å². The molecule has 0 heterocycles. The van der Waals surface area contributed by atoms with Gasteiger partial charge in [0.1, 0.15) is 11.9 Å². The van der Waals surface area contributed by atoms with Crippen molar-refractivity contribution in [1.29, 1.82) is 0 Å². The largest absolute Gasteiger partial charge is 0.489 e. The molecule has 0 amide bonds. The van der Waals surface area contributed by atoms with Crippen LogP contribution in [0.2, 0.25) is 0 Å². The predicted molar refractivity (Wildman–Crippen MR) is 78.4 cm³/mol. The fraction of sp³-hybridized carbons (Fsp3) is 0.625. The lowest BCUT2D eigenvalue weighted by atomic mass is 9.98. The van der Waals surface area contributed by atoms with Crippen LogP contribution < -0.4 is 10.1 Å². The van der Waals surface area contributed by atoms with Crippen LogP contribution in [0.25, 0.3) is 0 Å². The number of para-hydroxylation sites is 1. The van der Waals surface area contributed by atoms with Gasteiger partial charge in [0.2, 0.25) is 0 Å². The molecule has 0 spiro atoms. The van der Waals surface area contributed by atoms with E-state index in [1.165, 1.54) is 5.56 Å². The highest BCUT2D eigenvalue weighted by molar-refractivity contribution is 5.36. The number of hydrogen-bond donors (Lipinski definition) is 1. The maximum Gasteiger partial charge on any atom is 0.123 e. The standard InChI is InChI=1S/C16H27NO/c1-5-11-17-12-14(4)18-16-10-8-7-9-15(16)13(3)6-2/h7-10,13-14,17H,5-6,11-12H2,1-4H3. The fourth-order valence-corrected chi connectivity index (χ4v) is 1.96. The normalized spacial score (nSPS) is 14.2. The van der Waals surface area contributed by atoms with E-state index in [9.17, 15) is 0 Å². The van der Waals surface area contributed by atoms with Gasteiger partial charge in [-0.3, -0.25) is 0 Å². The van der Waals surface area contributed by atoms with Crippen LogP contribution in [0.4, 0.5) is 0 Å². The molecular formula is C16H27NO. The Labute approximate surface area is 112 Å². The van der Waals surface area contributed by atoms with Crippen LogP contribution in [0, 0.1) is 0 Å². The highest BCUT2D eigenvalue weighted by Gasteiger charge is 2.11. The van der Waals surface area contributed by atoms with Crippen molar-refractivity contribution in [1.82, 2.24) is 5.32 Å². The Morgan fingerprint density at radius 1 is 1.17 bits per heavy atom. The molecule has 0 saturated heterocycles. The molecule has 0 aromatic heterocycles. The SMILES string of the molecule is CCCNCC(C)Oc1ccccc1C(C)CC. The second-order valence-electron chi connectivity index (χ2n) is 4.98. The van der Waals surface area contributed by atoms with Crippen LogP contribution in [-0.4, -0.2) is 19.2 Å². The summed E-state index contributed by atoms with van der Waals surface area (Å²) in [6.07, 6.45) is 2.51. The first-order valence-electron chi connectivity index (χ1n) is 7.15. The summed E-state index contributed by atoms with van der Waals surface area (Å²) in [4.78, 5) is 0. The van der Waals surface area contributed by atoms with Crippen molar-refractivity contribution in [2.24, 2.45) is 0 Å². The van der Waals surface area contributed by atoms with E-state index in [2.05, 4.69) is 51.2 Å². The van der Waals surface area contributed by atoms with Gasteiger partial charge in [-0.25, -0.2) is 0 Å². The highest BCUT2D eigenvalue weighted by atomic mass is 16.5. The van der Waals surface area contributed by atoms with Crippen molar-refractivity contribution in [2.45, 2.75) is 52.6 Å². The molecule has 0 saturated carbocycles. The molecule has 2 heteroatoms. The number of hydrogen-bond acceptors (Lipinski definition) is 2. The first kappa shape index (κ1) is 15.0. The quantitative estimate of drug-likeness (QED) is 0.704. The molecule has 0 aliphatic carbocycles. The van der Waals surface area contributed by atoms with Gasteiger partial charge in [0.05, 0.1) is 0 Å². The topological polar surface area (TPSA) is 21.3 Å². The van der Waals surface area contributed by atoms with E-state index in [0.29, 0.717) is 5.92 Å². The summed E-state index contributed by atoms with van der Waals surface area (Å²) in [6, 6.07) is 8.40. The minimum atomic E-state index is 0.210. The second-order valence-corrected chi connectivity index (χ2v) is 4.98. The Hall–Kier alpha value is -1.02. The van der Waals surface area contributed by atoms with E-state index in [4.69, 9.17) is 4.74 Å². The molecule has 1 aromatic rings. The third-order valence-electron chi connectivity index (χ3n) is 3.25. The zero-order valence-corrected chi connectivity index (χ0v) is 12.2. The molecule has 0 fully saturated rings. The molecule has 0 aliphatic rings. The van der Waals surface area contributed by atoms with Crippen molar-refractivity contribution < 1.29 is 4.74 Å². The minimum Gasteiger partial charge on any atom is -0.489 e. The average molecular weight is 249 g/mol. The monoisotopic (exact) mass is 249 g/mol. The molecule has 0 bridgehead atoms. The lowest BCUT2D eigenvalue weighted by Gasteiger charge is -2.20. The van der Waals surface area contributed by atoms with E-state index in [0.717, 1.165) is 31.7 Å². The average Bonchev–Trinajstić information content (AvgIpc) is 2.39. The molecule has 2 atom stereocenters. The molecular weight excluding hydrogens is 222 g/mol. The number of rotatable bonds is 8. The number of nitrogens with one attached hydrogen (secondary N) is 1. The van der Waals surface area contributed by atoms with Gasteiger partial charge in [0.15, 0.2) is 0 Å². The van der Waals surface area contributed by atoms with Gasteiger partial charge in [0.25, 0.3) is 0 Å². The molecule has 102 valence electrons. The summed E-state index contributed by atoms with van der Waals surface area (Å²) in [7, 11) is 0. The Kier molecular flexibility index (Phi) is 6.81. The van der Waals surface area contributed by atoms with Crippen LogP contribution in [-0.2, 0) is 0 Å². The van der Waals surface area contributed by atoms with Crippen LogP contribution in [0.15, 0.2) is 24.3 Å². The minimum absolute atomic E-state index is 0.210. The summed E-state index contributed by atoms with van der Waals surface area (Å²) < 4.78 is 6.05. The summed E-state index contributed by atoms with van der Waals surface area (Å²) >= 11 is 0. The van der Waals surface area contributed by atoms with Gasteiger partial charge in [-0.05, 0) is 43.9 Å². The lowest BCUT2D eigenvalue weighted by Crippen LogP contribution is -2.29. The van der Waals surface area contributed by atoms with E-state index in [1.54, 1.807) is 0 Å². The van der Waals surface area contributed by atoms with Crippen molar-refractivity contribution in [3.05, 3.63) is 29.8 Å². The van der Waals surface area contributed by atoms with Gasteiger partial charge >= 0.3 is 0 Å². The Balaban J connectivity index is 2.60. The first-order valence-corrected chi connectivity index (χ1v) is 7.15. The van der Waals surface area contributed by atoms with Crippen molar-refractivity contribution in [2.75, 3.05) is 13.1 Å². The zero-order chi connectivity index (χ0) is 13.4. The summed E-state index contributed by atoms with van der Waals surface area (Å²) in [5.41, 5.74) is 1.32. The third-order valence-corrected chi connectivity index (χ3v) is 3.25. The maximum absolute atomic E-state index is 6.05. The molecule has 1 rings (SSSR count). The Morgan fingerprint density at radius 2 is 1.89 bits per heavy atom. The molecule has 2 unspecified atom stereocenters. The van der Waals surface area contributed by atoms with Crippen LogP contribution >= 0.6 is 0 Å². The summed E-state index contributed by atoms with van der Waals surface area (Å²) in [5, 5.41) is 3.39. The van der Waals surface area contributed by atoms with Gasteiger partial charge in [-0.1, -0.05) is 39.0 Å². The molecule has 18 heavy (non-hydrogen) atoms. The number of benzene rings is 1. The maximum atomic E-state index is 6.05. The first-order chi connectivity index (χ1) is 8.69. The van der Waals surface area contributed by atoms with Crippen molar-refractivity contribution >= 4 is 0 Å². The Bertz CT molecular complexity index is 338. The molecule has 2 nitrogen and oxygen atoms in total. The van der Waals surface area contributed by atoms with Crippen LogP contribution in [0.1, 0.15) is 52.0 Å². The molecule has 1 N–H and O–H groups in total. The van der Waals surface area contributed by atoms with Crippen LogP contribution in [0.5, 0.6) is 5.75 Å². The van der Waals surface area contributed by atoms with E-state index < -0.39 is 0 Å². The van der Waals surface area contributed by atoms with Gasteiger partial charge < -0.3 is 10.1 Å². The highest BCUT2D eigenvalue weighted by Crippen LogP contribution is 2.28. The molecule has 1 aromatic carbocycles. The van der Waals surface area contributed by atoms with Gasteiger partial charge in [-0.2, -0.15) is 0 Å². The van der Waals surface area contributed by atoms with E-state index in [-0.39, 0.29) is 6.10 Å². The van der Waals surface area contributed by atoms with Gasteiger partial charge in [0, 0.05) is 6.54 Å².